The molecule has 5 rings (SSSR count). The highest BCUT2D eigenvalue weighted by molar-refractivity contribution is 6.01. The third-order valence-corrected chi connectivity index (χ3v) is 7.15. The highest BCUT2D eigenvalue weighted by atomic mass is 19.4. The number of nitrogens with zero attached hydrogens (tertiary/aromatic N) is 6. The lowest BCUT2D eigenvalue weighted by molar-refractivity contribution is -0.140. The zero-order valence-electron chi connectivity index (χ0n) is 23.5. The van der Waals surface area contributed by atoms with Crippen LogP contribution in [0.1, 0.15) is 23.6 Å². The van der Waals surface area contributed by atoms with Gasteiger partial charge in [-0.1, -0.05) is 18.7 Å². The molecule has 2 N–H and O–H groups in total. The van der Waals surface area contributed by atoms with E-state index in [4.69, 9.17) is 9.57 Å². The third kappa shape index (κ3) is 6.46. The highest BCUT2D eigenvalue weighted by Gasteiger charge is 2.38. The lowest BCUT2D eigenvalue weighted by atomic mass is 10.0. The van der Waals surface area contributed by atoms with Gasteiger partial charge in [-0.3, -0.25) is 9.63 Å². The number of hydrogen-bond donors (Lipinski definition) is 2. The molecule has 4 heterocycles. The molecule has 0 bridgehead atoms. The molecule has 2 aromatic heterocycles. The Hall–Kier alpha value is -4.50. The molecule has 2 aliphatic rings. The number of alkyl halides is 3. The van der Waals surface area contributed by atoms with Gasteiger partial charge in [0.25, 0.3) is 0 Å². The fraction of sp³-hybridized carbons (Fsp3) is 0.357. The van der Waals surface area contributed by atoms with E-state index < -0.39 is 29.5 Å². The summed E-state index contributed by atoms with van der Waals surface area (Å²) >= 11 is 0. The van der Waals surface area contributed by atoms with Crippen molar-refractivity contribution < 1.29 is 31.9 Å². The fourth-order valence-corrected chi connectivity index (χ4v) is 4.95. The number of pyridine rings is 1. The molecule has 0 aliphatic carbocycles. The molecule has 1 amide bonds. The molecular weight excluding hydrogens is 572 g/mol. The molecule has 15 heteroatoms. The third-order valence-electron chi connectivity index (χ3n) is 7.15. The smallest absolute Gasteiger partial charge is 0.419 e. The van der Waals surface area contributed by atoms with Crippen LogP contribution in [0.25, 0.3) is 0 Å². The van der Waals surface area contributed by atoms with Gasteiger partial charge in [-0.25, -0.2) is 19.4 Å². The minimum absolute atomic E-state index is 0.144. The minimum Gasteiger partial charge on any atom is -0.479 e. The molecule has 43 heavy (non-hydrogen) atoms. The standard InChI is InChI=1S/C28H30F4N8O3/c1-4-24(41)36-19-14-20(27(42-3)37-26(19)39-11-9-38(2)10-12-39)35-22-15-23(34-16-33-22)40-21(8-13-43-40)17-6-5-7-18(25(17)29)28(30,31)32/h4-7,14-16,21H,1,8-13H2,2-3H3,(H,36,41)(H,33,34,35)/t21-/m1/s1. The summed E-state index contributed by atoms with van der Waals surface area (Å²) in [6.45, 7) is 6.67. The number of hydrogen-bond acceptors (Lipinski definition) is 10. The largest absolute Gasteiger partial charge is 0.479 e. The molecule has 0 unspecified atom stereocenters. The molecule has 1 aromatic carbocycles. The Kier molecular flexibility index (Phi) is 8.64. The molecule has 0 saturated carbocycles. The molecular formula is C28H30F4N8O3. The SMILES string of the molecule is C=CC(=O)Nc1cc(Nc2cc(N3OCC[C@@H]3c3cccc(C(F)(F)F)c3F)ncn2)c(OC)nc1N1CCN(C)CC1. The van der Waals surface area contributed by atoms with Gasteiger partial charge in [0.05, 0.1) is 31.0 Å². The van der Waals surface area contributed by atoms with Gasteiger partial charge in [-0.05, 0) is 25.3 Å². The Bertz CT molecular complexity index is 1500. The Morgan fingerprint density at radius 3 is 2.63 bits per heavy atom. The zero-order valence-corrected chi connectivity index (χ0v) is 23.5. The number of nitrogens with one attached hydrogen (secondary N) is 2. The second-order valence-corrected chi connectivity index (χ2v) is 9.96. The predicted octanol–water partition coefficient (Wildman–Crippen LogP) is 4.54. The van der Waals surface area contributed by atoms with Crippen molar-refractivity contribution in [2.24, 2.45) is 0 Å². The summed E-state index contributed by atoms with van der Waals surface area (Å²) in [6, 6.07) is 5.47. The Morgan fingerprint density at radius 1 is 1.16 bits per heavy atom. The molecule has 2 saturated heterocycles. The number of benzene rings is 1. The van der Waals surface area contributed by atoms with Gasteiger partial charge in [0.15, 0.2) is 11.6 Å². The van der Waals surface area contributed by atoms with Gasteiger partial charge in [0, 0.05) is 44.2 Å². The van der Waals surface area contributed by atoms with Crippen molar-refractivity contribution in [2.45, 2.75) is 18.6 Å². The average Bonchev–Trinajstić information content (AvgIpc) is 3.47. The summed E-state index contributed by atoms with van der Waals surface area (Å²) in [6.07, 6.45) is -2.21. The van der Waals surface area contributed by atoms with Crippen LogP contribution >= 0.6 is 0 Å². The van der Waals surface area contributed by atoms with Crippen LogP contribution < -0.4 is 25.3 Å². The van der Waals surface area contributed by atoms with Crippen LogP contribution in [0, 0.1) is 5.82 Å². The first kappa shape index (κ1) is 30.0. The van der Waals surface area contributed by atoms with Crippen LogP contribution in [-0.2, 0) is 15.8 Å². The van der Waals surface area contributed by atoms with E-state index in [0.717, 1.165) is 19.2 Å². The number of carbonyl (C=O) groups is 1. The number of hydroxylamine groups is 1. The average molecular weight is 603 g/mol. The number of likely N-dealkylation sites (N-methyl/N-ethyl adjacent to an activating group) is 1. The normalized spacial score (nSPS) is 17.6. The maximum atomic E-state index is 15.0. The van der Waals surface area contributed by atoms with Gasteiger partial charge in [0.1, 0.15) is 23.6 Å². The summed E-state index contributed by atoms with van der Waals surface area (Å²) in [5.41, 5.74) is -0.712. The van der Waals surface area contributed by atoms with Crippen molar-refractivity contribution in [3.8, 4) is 5.88 Å². The zero-order chi connectivity index (χ0) is 30.7. The van der Waals surface area contributed by atoms with Gasteiger partial charge in [0.2, 0.25) is 11.8 Å². The lowest BCUT2D eigenvalue weighted by Gasteiger charge is -2.34. The van der Waals surface area contributed by atoms with Gasteiger partial charge in [-0.2, -0.15) is 18.2 Å². The minimum atomic E-state index is -4.84. The van der Waals surface area contributed by atoms with E-state index in [0.29, 0.717) is 36.3 Å². The maximum Gasteiger partial charge on any atom is 0.419 e. The number of rotatable bonds is 8. The van der Waals surface area contributed by atoms with Crippen molar-refractivity contribution in [2.75, 3.05) is 67.5 Å². The summed E-state index contributed by atoms with van der Waals surface area (Å²) in [5, 5.41) is 7.17. The monoisotopic (exact) mass is 602 g/mol. The number of halogens is 4. The van der Waals surface area contributed by atoms with E-state index in [9.17, 15) is 22.4 Å². The van der Waals surface area contributed by atoms with E-state index in [1.165, 1.54) is 36.7 Å². The first-order valence-corrected chi connectivity index (χ1v) is 13.4. The summed E-state index contributed by atoms with van der Waals surface area (Å²) in [5.74, 6) is -0.558. The van der Waals surface area contributed by atoms with Crippen molar-refractivity contribution in [1.29, 1.82) is 0 Å². The first-order chi connectivity index (χ1) is 20.6. The predicted molar refractivity (Wildman–Crippen MR) is 152 cm³/mol. The quantitative estimate of drug-likeness (QED) is 0.282. The molecule has 228 valence electrons. The lowest BCUT2D eigenvalue weighted by Crippen LogP contribution is -2.45. The summed E-state index contributed by atoms with van der Waals surface area (Å²) in [7, 11) is 3.49. The van der Waals surface area contributed by atoms with Crippen molar-refractivity contribution in [3.63, 3.8) is 0 Å². The number of carbonyl (C=O) groups excluding carboxylic acids is 1. The molecule has 1 atom stereocenters. The van der Waals surface area contributed by atoms with Crippen LogP contribution in [0.2, 0.25) is 0 Å². The van der Waals surface area contributed by atoms with Crippen LogP contribution in [0.15, 0.2) is 49.3 Å². The fourth-order valence-electron chi connectivity index (χ4n) is 4.95. The molecule has 2 aliphatic heterocycles. The number of ether oxygens (including phenoxy) is 1. The number of piperazine rings is 1. The van der Waals surface area contributed by atoms with Gasteiger partial charge >= 0.3 is 6.18 Å². The van der Waals surface area contributed by atoms with Crippen LogP contribution in [0.5, 0.6) is 5.88 Å². The molecule has 0 radical (unpaired) electrons. The molecule has 3 aromatic rings. The van der Waals surface area contributed by atoms with E-state index in [2.05, 4.69) is 37.1 Å². The van der Waals surface area contributed by atoms with Crippen molar-refractivity contribution in [1.82, 2.24) is 19.9 Å². The second-order valence-electron chi connectivity index (χ2n) is 9.96. The Balaban J connectivity index is 1.45. The Labute approximate surface area is 245 Å². The highest BCUT2D eigenvalue weighted by Crippen LogP contribution is 2.40. The first-order valence-electron chi connectivity index (χ1n) is 13.4. The summed E-state index contributed by atoms with van der Waals surface area (Å²) < 4.78 is 60.6. The van der Waals surface area contributed by atoms with E-state index in [-0.39, 0.29) is 36.1 Å². The number of amides is 1. The maximum absolute atomic E-state index is 15.0. The van der Waals surface area contributed by atoms with E-state index in [1.807, 2.05) is 11.9 Å². The molecule has 0 spiro atoms. The molecule has 11 nitrogen and oxygen atoms in total. The number of methoxy groups -OCH3 is 1. The van der Waals surface area contributed by atoms with Crippen LogP contribution in [0.3, 0.4) is 0 Å². The van der Waals surface area contributed by atoms with Gasteiger partial charge < -0.3 is 25.2 Å². The summed E-state index contributed by atoms with van der Waals surface area (Å²) in [4.78, 5) is 35.3. The Morgan fingerprint density at radius 2 is 1.93 bits per heavy atom. The van der Waals surface area contributed by atoms with E-state index in [1.54, 1.807) is 6.07 Å². The molecule has 2 fully saturated rings. The van der Waals surface area contributed by atoms with E-state index >= 15 is 0 Å². The van der Waals surface area contributed by atoms with Crippen molar-refractivity contribution >= 4 is 34.7 Å². The topological polar surface area (TPSA) is 108 Å². The van der Waals surface area contributed by atoms with Crippen LogP contribution in [-0.4, -0.2) is 72.7 Å². The van der Waals surface area contributed by atoms with Crippen molar-refractivity contribution in [3.05, 3.63) is 66.3 Å². The van der Waals surface area contributed by atoms with Gasteiger partial charge in [-0.15, -0.1) is 0 Å². The van der Waals surface area contributed by atoms with Crippen LogP contribution in [0.4, 0.5) is 46.4 Å². The number of anilines is 5. The second kappa shape index (κ2) is 12.4. The number of aromatic nitrogens is 3.